The molecule has 0 saturated heterocycles. The van der Waals surface area contributed by atoms with Crippen molar-refractivity contribution >= 4 is 60.8 Å². The van der Waals surface area contributed by atoms with Crippen molar-refractivity contribution in [3.8, 4) is 0 Å². The highest BCUT2D eigenvalue weighted by Gasteiger charge is 2.59. The first kappa shape index (κ1) is 53.1. The third kappa shape index (κ3) is 19.0. The van der Waals surface area contributed by atoms with Crippen molar-refractivity contribution in [2.75, 3.05) is 13.1 Å². The van der Waals surface area contributed by atoms with Gasteiger partial charge in [0, 0.05) is 13.1 Å². The average Bonchev–Trinajstić information content (AvgIpc) is 2.81. The molecule has 0 saturated carbocycles. The molecule has 52 heavy (non-hydrogen) atoms. The van der Waals surface area contributed by atoms with E-state index in [0.29, 0.717) is 51.4 Å². The lowest BCUT2D eigenvalue weighted by molar-refractivity contribution is 0.194. The van der Waals surface area contributed by atoms with Gasteiger partial charge < -0.3 is 78.3 Å². The highest BCUT2D eigenvalue weighted by atomic mass is 31.3. The molecule has 0 heterocycles. The maximum absolute atomic E-state index is 11.9. The van der Waals surface area contributed by atoms with Crippen molar-refractivity contribution in [1.29, 1.82) is 0 Å². The molecule has 314 valence electrons. The molecule has 0 radical (unpaired) electrons. The highest BCUT2D eigenvalue weighted by Crippen LogP contribution is 2.70. The molecule has 0 aromatic carbocycles. The van der Waals surface area contributed by atoms with E-state index in [-0.39, 0.29) is 35.5 Å². The second kappa shape index (κ2) is 20.7. The van der Waals surface area contributed by atoms with Crippen molar-refractivity contribution in [1.82, 2.24) is 9.80 Å². The van der Waals surface area contributed by atoms with Crippen LogP contribution in [0.4, 0.5) is 0 Å². The molecule has 0 aliphatic rings. The van der Waals surface area contributed by atoms with Crippen LogP contribution < -0.4 is 0 Å². The van der Waals surface area contributed by atoms with E-state index in [1.165, 1.54) is 0 Å². The normalized spacial score (nSPS) is 15.0. The summed E-state index contributed by atoms with van der Waals surface area (Å²) in [5.74, 6) is 0. The molecule has 0 aliphatic heterocycles. The quantitative estimate of drug-likeness (QED) is 0.0400. The molecule has 0 atom stereocenters. The van der Waals surface area contributed by atoms with Crippen molar-refractivity contribution < 1.29 is 115 Å². The first-order valence-electron chi connectivity index (χ1n) is 14.9. The predicted molar refractivity (Wildman–Crippen MR) is 180 cm³/mol. The summed E-state index contributed by atoms with van der Waals surface area (Å²) in [5, 5.41) is 0. The maximum atomic E-state index is 11.9. The fourth-order valence-corrected chi connectivity index (χ4v) is 17.6. The molecule has 0 aromatic heterocycles. The summed E-state index contributed by atoms with van der Waals surface area (Å²) in [6.45, 7) is -1.81. The third-order valence-corrected chi connectivity index (χ3v) is 21.6. The van der Waals surface area contributed by atoms with Gasteiger partial charge in [-0.05, 0) is 12.8 Å². The predicted octanol–water partition coefficient (Wildman–Crippen LogP) is 0.828. The van der Waals surface area contributed by atoms with Crippen LogP contribution in [0, 0.1) is 0 Å². The van der Waals surface area contributed by atoms with Gasteiger partial charge in [0.2, 0.25) is 22.1 Å². The molecule has 16 N–H and O–H groups in total. The van der Waals surface area contributed by atoms with Gasteiger partial charge >= 0.3 is 60.8 Å². The Bertz CT molecular complexity index is 1220. The Hall–Kier alpha value is 1.12. The fourth-order valence-electron chi connectivity index (χ4n) is 5.39. The van der Waals surface area contributed by atoms with E-state index in [9.17, 15) is 115 Å². The van der Waals surface area contributed by atoms with E-state index in [2.05, 4.69) is 0 Å². The molecule has 0 bridgehead atoms. The van der Waals surface area contributed by atoms with Gasteiger partial charge in [-0.1, -0.05) is 64.2 Å². The molecule has 0 spiro atoms. The topological polar surface area (TPSA) is 467 Å². The van der Waals surface area contributed by atoms with Gasteiger partial charge in [0.05, 0.1) is 0 Å². The van der Waals surface area contributed by atoms with Crippen LogP contribution >= 0.6 is 60.8 Å². The van der Waals surface area contributed by atoms with Crippen LogP contribution in [0.25, 0.3) is 0 Å². The Labute approximate surface area is 297 Å². The van der Waals surface area contributed by atoms with Crippen LogP contribution in [0.1, 0.15) is 77.0 Å². The first-order chi connectivity index (χ1) is 23.0. The summed E-state index contributed by atoms with van der Waals surface area (Å²) in [5.41, 5.74) is -13.0. The van der Waals surface area contributed by atoms with E-state index < -0.39 is 96.0 Å². The summed E-state index contributed by atoms with van der Waals surface area (Å²) in [4.78, 5) is 152. The zero-order valence-electron chi connectivity index (χ0n) is 27.1. The van der Waals surface area contributed by atoms with Gasteiger partial charge in [-0.2, -0.15) is 0 Å². The van der Waals surface area contributed by atoms with Crippen LogP contribution in [0.2, 0.25) is 0 Å². The second-order valence-corrected chi connectivity index (χ2v) is 26.8. The van der Waals surface area contributed by atoms with Crippen LogP contribution in [0.5, 0.6) is 0 Å². The number of unbranched alkanes of at least 4 members (excludes halogenated alkanes) is 11. The molecule has 0 aliphatic carbocycles. The molecular weight excluding hydrogens is 876 g/mol. The minimum Gasteiger partial charge on any atom is -0.323 e. The van der Waals surface area contributed by atoms with Crippen molar-refractivity contribution in [3.63, 3.8) is 0 Å². The number of hydrogen-bond acceptors (Lipinski definition) is 10. The molecule has 0 amide bonds. The van der Waals surface area contributed by atoms with E-state index in [4.69, 9.17) is 0 Å². The van der Waals surface area contributed by atoms with Crippen LogP contribution in [0.3, 0.4) is 0 Å². The lowest BCUT2D eigenvalue weighted by Gasteiger charge is -2.37. The summed E-state index contributed by atoms with van der Waals surface area (Å²) in [7, 11) is -47.3. The molecular formula is C18H48N2O24P8. The number of rotatable bonds is 27. The zero-order chi connectivity index (χ0) is 41.4. The Morgan fingerprint density at radius 2 is 0.365 bits per heavy atom. The number of nitrogens with zero attached hydrogens (tertiary/aromatic N) is 2. The largest absolute Gasteiger partial charge is 0.355 e. The van der Waals surface area contributed by atoms with E-state index >= 15 is 0 Å². The smallest absolute Gasteiger partial charge is 0.323 e. The highest BCUT2D eigenvalue weighted by molar-refractivity contribution is 7.73. The monoisotopic (exact) mass is 924 g/mol. The molecule has 26 nitrogen and oxygen atoms in total. The Kier molecular flexibility index (Phi) is 21.1. The third-order valence-electron chi connectivity index (χ3n) is 7.18. The van der Waals surface area contributed by atoms with E-state index in [1.54, 1.807) is 0 Å². The minimum absolute atomic E-state index is 0.160. The summed E-state index contributed by atoms with van der Waals surface area (Å²) >= 11 is 0. The molecule has 0 aromatic rings. The second-order valence-electron chi connectivity index (χ2n) is 11.8. The van der Waals surface area contributed by atoms with Crippen LogP contribution in [0.15, 0.2) is 0 Å². The molecule has 0 unspecified atom stereocenters. The average molecular weight is 924 g/mol. The standard InChI is InChI=1S/C18H48N2O24P8/c21-45(22,23)15(46(24,25)26)19(16(47(27,28)29)48(30,31)32)13-11-9-7-5-3-1-2-4-6-8-10-12-14-20(17(49(33,34)35)50(36,37)38)18(51(39,40)41)52(42,43)44/h15-18H,1-14H2,(H2,21,22,23)(H2,24,25,26)(H2,27,28,29)(H2,30,31,32)(H2,33,34,35)(H2,36,37,38)(H2,39,40,41)(H2,42,43,44). The molecule has 0 rings (SSSR count). The fraction of sp³-hybridized carbons (Fsp3) is 1.00. The van der Waals surface area contributed by atoms with Gasteiger partial charge in [-0.15, -0.1) is 0 Å². The van der Waals surface area contributed by atoms with Crippen molar-refractivity contribution in [3.05, 3.63) is 0 Å². The van der Waals surface area contributed by atoms with Crippen LogP contribution in [-0.4, -0.2) is 123 Å². The lowest BCUT2D eigenvalue weighted by Crippen LogP contribution is -2.43. The van der Waals surface area contributed by atoms with E-state index in [0.717, 1.165) is 0 Å². The van der Waals surface area contributed by atoms with Gasteiger partial charge in [0.15, 0.2) is 0 Å². The van der Waals surface area contributed by atoms with Crippen molar-refractivity contribution in [2.45, 2.75) is 99.1 Å². The van der Waals surface area contributed by atoms with Gasteiger partial charge in [0.25, 0.3) is 0 Å². The van der Waals surface area contributed by atoms with Crippen LogP contribution in [-0.2, 0) is 36.5 Å². The van der Waals surface area contributed by atoms with Gasteiger partial charge in [0.1, 0.15) is 0 Å². The molecule has 34 heteroatoms. The molecule has 0 fully saturated rings. The van der Waals surface area contributed by atoms with E-state index in [1.807, 2.05) is 0 Å². The minimum atomic E-state index is -5.91. The summed E-state index contributed by atoms with van der Waals surface area (Å²) in [6.07, 6.45) is 4.31. The summed E-state index contributed by atoms with van der Waals surface area (Å²) in [6, 6.07) is 0. The van der Waals surface area contributed by atoms with Gasteiger partial charge in [-0.3, -0.25) is 46.3 Å². The summed E-state index contributed by atoms with van der Waals surface area (Å²) < 4.78 is 94.9. The zero-order valence-corrected chi connectivity index (χ0v) is 34.3. The maximum Gasteiger partial charge on any atom is 0.355 e. The Balaban J connectivity index is 5.04. The lowest BCUT2D eigenvalue weighted by atomic mass is 10.1. The SMILES string of the molecule is O=P(O)(O)C(N(CCCCCCCCCCCCCCN(C(P(=O)(O)O)P(=O)(O)O)C(P(=O)(O)O)P(=O)(O)O)C(P(=O)(O)O)P(=O)(O)O)P(=O)(O)O. The first-order valence-corrected chi connectivity index (χ1v) is 28.3. The van der Waals surface area contributed by atoms with Crippen molar-refractivity contribution in [2.24, 2.45) is 0 Å². The van der Waals surface area contributed by atoms with Gasteiger partial charge in [-0.25, -0.2) is 0 Å². The number of hydrogen-bond donors (Lipinski definition) is 16. The Morgan fingerprint density at radius 3 is 0.481 bits per heavy atom. The Morgan fingerprint density at radius 1 is 0.250 bits per heavy atom.